The quantitative estimate of drug-likeness (QED) is 0.778. The third kappa shape index (κ3) is 3.13. The first kappa shape index (κ1) is 18.1. The van der Waals surface area contributed by atoms with E-state index in [0.29, 0.717) is 29.6 Å². The molecule has 0 amide bonds. The smallest absolute Gasteiger partial charge is 0.274 e. The molecule has 148 valence electrons. The lowest BCUT2D eigenvalue weighted by Crippen LogP contribution is -2.52. The van der Waals surface area contributed by atoms with Crippen LogP contribution < -0.4 is 15.8 Å². The maximum Gasteiger partial charge on any atom is 0.274 e. The molecule has 0 saturated carbocycles. The average molecular weight is 446 g/mol. The summed E-state index contributed by atoms with van der Waals surface area (Å²) in [7, 11) is 1.74. The molecule has 0 spiro atoms. The number of anilines is 3. The topological polar surface area (TPSA) is 62.6 Å². The Labute approximate surface area is 172 Å². The van der Waals surface area contributed by atoms with E-state index in [9.17, 15) is 4.79 Å². The second-order valence-electron chi connectivity index (χ2n) is 7.85. The molecule has 0 bridgehead atoms. The largest absolute Gasteiger partial charge is 0.378 e. The standard InChI is InChI=1S/C20H24BrN5O2/c1-24-10-13(21)8-16(20(24)27)23-19-3-2-14(9-22-19)25-6-4-18-17(25)5-7-26(18)15-11-28-12-15/h2-3,8-10,15,17-18H,4-7,11-12H2,1H3,(H,22,23). The number of ether oxygens (including phenoxy) is 1. The van der Waals surface area contributed by atoms with Gasteiger partial charge in [0.15, 0.2) is 0 Å². The highest BCUT2D eigenvalue weighted by Gasteiger charge is 2.46. The minimum absolute atomic E-state index is 0.0810. The van der Waals surface area contributed by atoms with Crippen LogP contribution in [-0.4, -0.2) is 58.9 Å². The van der Waals surface area contributed by atoms with Crippen molar-refractivity contribution in [2.45, 2.75) is 31.0 Å². The van der Waals surface area contributed by atoms with E-state index >= 15 is 0 Å². The van der Waals surface area contributed by atoms with Crippen LogP contribution in [0.4, 0.5) is 17.2 Å². The Kier molecular flexibility index (Phi) is 4.65. The van der Waals surface area contributed by atoms with Crippen LogP contribution in [0, 0.1) is 0 Å². The predicted octanol–water partition coefficient (Wildman–Crippen LogP) is 2.34. The molecule has 2 unspecified atom stereocenters. The molecule has 3 aliphatic rings. The van der Waals surface area contributed by atoms with Gasteiger partial charge >= 0.3 is 0 Å². The summed E-state index contributed by atoms with van der Waals surface area (Å²) in [6.45, 7) is 4.01. The maximum absolute atomic E-state index is 12.3. The molecule has 2 atom stereocenters. The summed E-state index contributed by atoms with van der Waals surface area (Å²) in [5.74, 6) is 0.675. The second kappa shape index (κ2) is 7.17. The van der Waals surface area contributed by atoms with Crippen molar-refractivity contribution in [1.29, 1.82) is 0 Å². The van der Waals surface area contributed by atoms with Gasteiger partial charge in [-0.3, -0.25) is 9.69 Å². The molecular formula is C20H24BrN5O2. The van der Waals surface area contributed by atoms with Crippen molar-refractivity contribution in [1.82, 2.24) is 14.5 Å². The second-order valence-corrected chi connectivity index (χ2v) is 8.76. The van der Waals surface area contributed by atoms with Gasteiger partial charge in [0.2, 0.25) is 0 Å². The van der Waals surface area contributed by atoms with Crippen LogP contribution in [0.3, 0.4) is 0 Å². The minimum Gasteiger partial charge on any atom is -0.378 e. The van der Waals surface area contributed by atoms with Gasteiger partial charge in [0.05, 0.1) is 31.1 Å². The monoisotopic (exact) mass is 445 g/mol. The van der Waals surface area contributed by atoms with E-state index in [0.717, 1.165) is 29.9 Å². The van der Waals surface area contributed by atoms with Crippen molar-refractivity contribution in [3.05, 3.63) is 45.4 Å². The Hall–Kier alpha value is -1.90. The Morgan fingerprint density at radius 2 is 2.04 bits per heavy atom. The number of likely N-dealkylation sites (tertiary alicyclic amines) is 1. The van der Waals surface area contributed by atoms with Crippen molar-refractivity contribution in [2.75, 3.05) is 36.5 Å². The molecule has 28 heavy (non-hydrogen) atoms. The summed E-state index contributed by atoms with van der Waals surface area (Å²) in [6.07, 6.45) is 6.07. The molecule has 8 heteroatoms. The van der Waals surface area contributed by atoms with E-state index in [2.05, 4.69) is 42.1 Å². The van der Waals surface area contributed by atoms with Gasteiger partial charge in [0, 0.05) is 42.9 Å². The fourth-order valence-electron chi connectivity index (χ4n) is 4.74. The van der Waals surface area contributed by atoms with Crippen molar-refractivity contribution in [3.8, 4) is 0 Å². The zero-order valence-electron chi connectivity index (χ0n) is 15.8. The molecule has 3 aliphatic heterocycles. The number of aromatic nitrogens is 2. The van der Waals surface area contributed by atoms with Crippen LogP contribution >= 0.6 is 15.9 Å². The van der Waals surface area contributed by atoms with Crippen LogP contribution in [0.15, 0.2) is 39.9 Å². The van der Waals surface area contributed by atoms with Crippen molar-refractivity contribution in [2.24, 2.45) is 7.05 Å². The molecule has 2 aromatic heterocycles. The first-order chi connectivity index (χ1) is 13.6. The highest BCUT2D eigenvalue weighted by atomic mass is 79.9. The van der Waals surface area contributed by atoms with Gasteiger partial charge < -0.3 is 19.5 Å². The summed E-state index contributed by atoms with van der Waals surface area (Å²) < 4.78 is 7.79. The van der Waals surface area contributed by atoms with Gasteiger partial charge in [0.1, 0.15) is 11.5 Å². The number of nitrogens with one attached hydrogen (secondary N) is 1. The van der Waals surface area contributed by atoms with E-state index < -0.39 is 0 Å². The molecule has 3 saturated heterocycles. The molecular weight excluding hydrogens is 422 g/mol. The molecule has 3 fully saturated rings. The zero-order chi connectivity index (χ0) is 19.3. The van der Waals surface area contributed by atoms with Gasteiger partial charge in [-0.05, 0) is 47.0 Å². The van der Waals surface area contributed by atoms with Crippen molar-refractivity contribution in [3.63, 3.8) is 0 Å². The molecule has 5 rings (SSSR count). The maximum atomic E-state index is 12.3. The van der Waals surface area contributed by atoms with E-state index in [4.69, 9.17) is 4.74 Å². The predicted molar refractivity (Wildman–Crippen MR) is 112 cm³/mol. The number of pyridine rings is 2. The summed E-state index contributed by atoms with van der Waals surface area (Å²) in [6, 6.07) is 7.66. The lowest BCUT2D eigenvalue weighted by atomic mass is 10.1. The van der Waals surface area contributed by atoms with E-state index in [1.54, 1.807) is 23.9 Å². The summed E-state index contributed by atoms with van der Waals surface area (Å²) in [4.78, 5) is 22.0. The highest BCUT2D eigenvalue weighted by Crippen LogP contribution is 2.37. The third-order valence-corrected chi connectivity index (χ3v) is 6.63. The van der Waals surface area contributed by atoms with Crippen molar-refractivity contribution < 1.29 is 4.74 Å². The Balaban J connectivity index is 1.30. The fourth-order valence-corrected chi connectivity index (χ4v) is 5.27. The molecule has 2 aromatic rings. The van der Waals surface area contributed by atoms with Crippen LogP contribution in [-0.2, 0) is 11.8 Å². The van der Waals surface area contributed by atoms with Crippen LogP contribution in [0.5, 0.6) is 0 Å². The Morgan fingerprint density at radius 1 is 1.21 bits per heavy atom. The average Bonchev–Trinajstić information content (AvgIpc) is 3.22. The summed E-state index contributed by atoms with van der Waals surface area (Å²) >= 11 is 3.43. The number of halogens is 1. The Bertz CT molecular complexity index is 927. The zero-order valence-corrected chi connectivity index (χ0v) is 17.4. The number of rotatable bonds is 4. The van der Waals surface area contributed by atoms with Gasteiger partial charge in [0.25, 0.3) is 5.56 Å². The molecule has 5 heterocycles. The van der Waals surface area contributed by atoms with E-state index in [1.807, 2.05) is 12.3 Å². The normalized spacial score (nSPS) is 25.0. The lowest BCUT2D eigenvalue weighted by molar-refractivity contribution is -0.0687. The van der Waals surface area contributed by atoms with Crippen molar-refractivity contribution >= 4 is 33.1 Å². The Morgan fingerprint density at radius 3 is 2.75 bits per heavy atom. The third-order valence-electron chi connectivity index (χ3n) is 6.20. The molecule has 0 aliphatic carbocycles. The van der Waals surface area contributed by atoms with Crippen LogP contribution in [0.25, 0.3) is 0 Å². The van der Waals surface area contributed by atoms with E-state index in [1.165, 1.54) is 19.4 Å². The summed E-state index contributed by atoms with van der Waals surface area (Å²) in [5.41, 5.74) is 1.59. The summed E-state index contributed by atoms with van der Waals surface area (Å²) in [5, 5.41) is 3.14. The van der Waals surface area contributed by atoms with Gasteiger partial charge in [-0.25, -0.2) is 4.98 Å². The van der Waals surface area contributed by atoms with Gasteiger partial charge in [-0.2, -0.15) is 0 Å². The van der Waals surface area contributed by atoms with Crippen LogP contribution in [0.2, 0.25) is 0 Å². The minimum atomic E-state index is -0.0810. The molecule has 1 N–H and O–H groups in total. The van der Waals surface area contributed by atoms with Crippen LogP contribution in [0.1, 0.15) is 12.8 Å². The number of nitrogens with zero attached hydrogens (tertiary/aromatic N) is 4. The first-order valence-electron chi connectivity index (χ1n) is 9.79. The van der Waals surface area contributed by atoms with Gasteiger partial charge in [-0.1, -0.05) is 0 Å². The first-order valence-corrected chi connectivity index (χ1v) is 10.6. The lowest BCUT2D eigenvalue weighted by Gasteiger charge is -2.38. The fraction of sp³-hybridized carbons (Fsp3) is 0.500. The number of fused-ring (bicyclic) bond motifs is 1. The molecule has 0 aromatic carbocycles. The highest BCUT2D eigenvalue weighted by molar-refractivity contribution is 9.10. The number of hydrogen-bond donors (Lipinski definition) is 1. The number of hydrogen-bond acceptors (Lipinski definition) is 6. The van der Waals surface area contributed by atoms with E-state index in [-0.39, 0.29) is 5.56 Å². The molecule has 0 radical (unpaired) electrons. The number of aryl methyl sites for hydroxylation is 1. The SMILES string of the molecule is Cn1cc(Br)cc(Nc2ccc(N3CCC4C3CCN4C3COC3)cn2)c1=O. The molecule has 7 nitrogen and oxygen atoms in total. The van der Waals surface area contributed by atoms with Gasteiger partial charge in [-0.15, -0.1) is 0 Å².